The zero-order chi connectivity index (χ0) is 16.4. The van der Waals surface area contributed by atoms with E-state index in [0.717, 1.165) is 10.6 Å². The number of amides is 2. The van der Waals surface area contributed by atoms with Crippen molar-refractivity contribution in [1.29, 1.82) is 0 Å². The molecule has 1 aromatic rings. The van der Waals surface area contributed by atoms with E-state index in [1.807, 2.05) is 12.0 Å². The fourth-order valence-corrected chi connectivity index (χ4v) is 3.05. The topological polar surface area (TPSA) is 66.9 Å². The minimum Gasteiger partial charge on any atom is -0.492 e. The molecule has 0 aromatic heterocycles. The number of fused-ring (bicyclic) bond motifs is 1. The van der Waals surface area contributed by atoms with Crippen LogP contribution in [0.15, 0.2) is 18.2 Å². The first-order valence-electron chi connectivity index (χ1n) is 7.36. The highest BCUT2D eigenvalue weighted by atomic mass is 79.9. The molecule has 0 radical (unpaired) electrons. The van der Waals surface area contributed by atoms with Gasteiger partial charge >= 0.3 is 0 Å². The van der Waals surface area contributed by atoms with E-state index < -0.39 is 0 Å². The van der Waals surface area contributed by atoms with Crippen LogP contribution in [-0.4, -0.2) is 39.7 Å². The molecule has 2 heterocycles. The Kier molecular flexibility index (Phi) is 4.50. The smallest absolute Gasteiger partial charge is 0.248 e. The van der Waals surface area contributed by atoms with Crippen LogP contribution in [0.2, 0.25) is 0 Å². The summed E-state index contributed by atoms with van der Waals surface area (Å²) >= 11 is 3.30. The fourth-order valence-electron chi connectivity index (χ4n) is 2.89. The summed E-state index contributed by atoms with van der Waals surface area (Å²) in [5.74, 6) is 1.95. The number of hydrogen-bond acceptors (Lipinski definition) is 5. The first kappa shape index (κ1) is 15.8. The molecule has 1 aromatic carbocycles. The standard InChI is InChI=1S/C16H15BrN2O4/c17-7-8-23-14-4-1-3-11-12(14)9-18(13(11)10-20)19-15(21)5-2-6-16(19)22/h1,3-4H,2,5-9H2. The van der Waals surface area contributed by atoms with E-state index in [1.165, 1.54) is 5.01 Å². The lowest BCUT2D eigenvalue weighted by Gasteiger charge is -2.33. The molecule has 0 spiro atoms. The Bertz CT molecular complexity index is 696. The van der Waals surface area contributed by atoms with Crippen LogP contribution in [0.1, 0.15) is 30.4 Å². The van der Waals surface area contributed by atoms with Gasteiger partial charge < -0.3 is 4.74 Å². The van der Waals surface area contributed by atoms with Crippen LogP contribution in [0, 0.1) is 0 Å². The van der Waals surface area contributed by atoms with E-state index in [0.29, 0.717) is 42.5 Å². The maximum atomic E-state index is 12.1. The quantitative estimate of drug-likeness (QED) is 0.454. The minimum absolute atomic E-state index is 0.202. The third-order valence-electron chi connectivity index (χ3n) is 3.88. The van der Waals surface area contributed by atoms with Crippen LogP contribution in [0.5, 0.6) is 5.75 Å². The van der Waals surface area contributed by atoms with Gasteiger partial charge in [-0.1, -0.05) is 28.1 Å². The maximum Gasteiger partial charge on any atom is 0.248 e. The van der Waals surface area contributed by atoms with Gasteiger partial charge in [-0.15, -0.1) is 0 Å². The molecule has 7 heteroatoms. The molecule has 1 saturated heterocycles. The van der Waals surface area contributed by atoms with E-state index >= 15 is 0 Å². The van der Waals surface area contributed by atoms with Crippen molar-refractivity contribution in [2.24, 2.45) is 0 Å². The number of nitrogens with zero attached hydrogens (tertiary/aromatic N) is 2. The summed E-state index contributed by atoms with van der Waals surface area (Å²) in [6.07, 6.45) is 1.16. The number of rotatable bonds is 4. The van der Waals surface area contributed by atoms with Crippen molar-refractivity contribution in [2.45, 2.75) is 25.8 Å². The second-order valence-corrected chi connectivity index (χ2v) is 6.07. The zero-order valence-corrected chi connectivity index (χ0v) is 14.0. The van der Waals surface area contributed by atoms with Gasteiger partial charge in [-0.3, -0.25) is 14.6 Å². The Morgan fingerprint density at radius 3 is 2.61 bits per heavy atom. The Balaban J connectivity index is 1.98. The van der Waals surface area contributed by atoms with Crippen molar-refractivity contribution in [3.8, 4) is 5.75 Å². The molecule has 0 N–H and O–H groups in total. The first-order chi connectivity index (χ1) is 11.2. The summed E-state index contributed by atoms with van der Waals surface area (Å²) in [5.41, 5.74) is 1.64. The van der Waals surface area contributed by atoms with Gasteiger partial charge in [-0.25, -0.2) is 4.79 Å². The molecule has 2 amide bonds. The van der Waals surface area contributed by atoms with Crippen LogP contribution in [0.25, 0.3) is 5.70 Å². The number of ether oxygens (including phenoxy) is 1. The highest BCUT2D eigenvalue weighted by Crippen LogP contribution is 2.38. The van der Waals surface area contributed by atoms with Gasteiger partial charge in [0, 0.05) is 29.3 Å². The molecule has 0 saturated carbocycles. The Morgan fingerprint density at radius 1 is 1.22 bits per heavy atom. The average molecular weight is 379 g/mol. The van der Waals surface area contributed by atoms with Crippen LogP contribution >= 0.6 is 15.9 Å². The van der Waals surface area contributed by atoms with E-state index in [4.69, 9.17) is 4.74 Å². The number of halogens is 1. The molecule has 0 unspecified atom stereocenters. The van der Waals surface area contributed by atoms with Crippen molar-refractivity contribution < 1.29 is 19.1 Å². The normalized spacial score (nSPS) is 17.3. The molecule has 0 bridgehead atoms. The van der Waals surface area contributed by atoms with Crippen LogP contribution in [-0.2, 0) is 20.9 Å². The van der Waals surface area contributed by atoms with Crippen LogP contribution < -0.4 is 4.74 Å². The predicted octanol–water partition coefficient (Wildman–Crippen LogP) is 1.90. The Morgan fingerprint density at radius 2 is 1.96 bits per heavy atom. The van der Waals surface area contributed by atoms with Crippen molar-refractivity contribution in [2.75, 3.05) is 11.9 Å². The van der Waals surface area contributed by atoms with E-state index in [-0.39, 0.29) is 24.1 Å². The van der Waals surface area contributed by atoms with Crippen molar-refractivity contribution in [3.63, 3.8) is 0 Å². The van der Waals surface area contributed by atoms with E-state index in [1.54, 1.807) is 12.1 Å². The van der Waals surface area contributed by atoms with Crippen molar-refractivity contribution >= 4 is 39.4 Å². The van der Waals surface area contributed by atoms with Gasteiger partial charge in [0.2, 0.25) is 11.8 Å². The number of carbonyl (C=O) groups is 2. The molecule has 1 fully saturated rings. The molecular formula is C16H15BrN2O4. The largest absolute Gasteiger partial charge is 0.492 e. The molecule has 2 aliphatic heterocycles. The molecule has 2 aliphatic rings. The second kappa shape index (κ2) is 6.56. The Labute approximate surface area is 141 Å². The second-order valence-electron chi connectivity index (χ2n) is 5.28. The Hall–Kier alpha value is -2.11. The third-order valence-corrected chi connectivity index (χ3v) is 4.20. The predicted molar refractivity (Wildman–Crippen MR) is 86.1 cm³/mol. The summed E-state index contributed by atoms with van der Waals surface area (Å²) in [4.78, 5) is 35.7. The number of hydrogen-bond donors (Lipinski definition) is 0. The number of benzene rings is 1. The van der Waals surface area contributed by atoms with Gasteiger partial charge in [-0.2, -0.15) is 5.01 Å². The van der Waals surface area contributed by atoms with Crippen LogP contribution in [0.3, 0.4) is 0 Å². The minimum atomic E-state index is -0.287. The van der Waals surface area contributed by atoms with Gasteiger partial charge in [0.1, 0.15) is 11.4 Å². The molecule has 6 nitrogen and oxygen atoms in total. The number of piperidine rings is 1. The van der Waals surface area contributed by atoms with E-state index in [2.05, 4.69) is 15.9 Å². The summed E-state index contributed by atoms with van der Waals surface area (Å²) < 4.78 is 5.68. The SMILES string of the molecule is O=C=C1c2cccc(OCCBr)c2CN1N1C(=O)CCCC1=O. The summed E-state index contributed by atoms with van der Waals surface area (Å²) in [7, 11) is 0. The van der Waals surface area contributed by atoms with Gasteiger partial charge in [0.25, 0.3) is 0 Å². The highest BCUT2D eigenvalue weighted by Gasteiger charge is 2.38. The average Bonchev–Trinajstić information content (AvgIpc) is 2.91. The van der Waals surface area contributed by atoms with E-state index in [9.17, 15) is 14.4 Å². The molecule has 3 rings (SSSR count). The highest BCUT2D eigenvalue weighted by molar-refractivity contribution is 9.09. The molecule has 120 valence electrons. The monoisotopic (exact) mass is 378 g/mol. The summed E-state index contributed by atoms with van der Waals surface area (Å²) in [6, 6.07) is 5.37. The van der Waals surface area contributed by atoms with Crippen molar-refractivity contribution in [3.05, 3.63) is 29.3 Å². The summed E-state index contributed by atoms with van der Waals surface area (Å²) in [5, 5.41) is 3.18. The number of carbonyl (C=O) groups excluding carboxylic acids is 3. The van der Waals surface area contributed by atoms with Crippen LogP contribution in [0.4, 0.5) is 0 Å². The molecular weight excluding hydrogens is 364 g/mol. The molecule has 23 heavy (non-hydrogen) atoms. The lowest BCUT2D eigenvalue weighted by Crippen LogP contribution is -2.49. The van der Waals surface area contributed by atoms with Crippen molar-refractivity contribution in [1.82, 2.24) is 10.0 Å². The lowest BCUT2D eigenvalue weighted by molar-refractivity contribution is -0.162. The molecule has 0 atom stereocenters. The molecule has 0 aliphatic carbocycles. The van der Waals surface area contributed by atoms with Gasteiger partial charge in [-0.05, 0) is 12.5 Å². The van der Waals surface area contributed by atoms with Gasteiger partial charge in [0.15, 0.2) is 5.94 Å². The maximum absolute atomic E-state index is 12.1. The first-order valence-corrected chi connectivity index (χ1v) is 8.49. The number of imide groups is 1. The number of hydrazine groups is 1. The zero-order valence-electron chi connectivity index (χ0n) is 12.4. The lowest BCUT2D eigenvalue weighted by atomic mass is 10.1. The fraction of sp³-hybridized carbons (Fsp3) is 0.375. The van der Waals surface area contributed by atoms with Gasteiger partial charge in [0.05, 0.1) is 13.2 Å². The summed E-state index contributed by atoms with van der Waals surface area (Å²) in [6.45, 7) is 0.730. The third kappa shape index (κ3) is 2.78. The number of alkyl halides is 1.